The first-order valence-corrected chi connectivity index (χ1v) is 13.7. The van der Waals surface area contributed by atoms with Gasteiger partial charge in [0.05, 0.1) is 43.0 Å². The maximum absolute atomic E-state index is 13.2. The molecule has 2 heterocycles. The van der Waals surface area contributed by atoms with E-state index in [9.17, 15) is 18.0 Å². The predicted octanol–water partition coefficient (Wildman–Crippen LogP) is 3.77. The number of ether oxygens (including phenoxy) is 2. The average Bonchev–Trinajstić information content (AvgIpc) is 2.87. The predicted molar refractivity (Wildman–Crippen MR) is 139 cm³/mol. The van der Waals surface area contributed by atoms with Gasteiger partial charge in [-0.2, -0.15) is 0 Å². The van der Waals surface area contributed by atoms with E-state index in [2.05, 4.69) is 5.32 Å². The quantitative estimate of drug-likeness (QED) is 0.659. The molecule has 0 spiro atoms. The number of hydrogen-bond donors (Lipinski definition) is 1. The lowest BCUT2D eigenvalue weighted by molar-refractivity contribution is 0.0659. The Labute approximate surface area is 211 Å². The van der Waals surface area contributed by atoms with Crippen molar-refractivity contribution in [3.63, 3.8) is 0 Å². The third kappa shape index (κ3) is 5.26. The van der Waals surface area contributed by atoms with Gasteiger partial charge < -0.3 is 9.47 Å². The molecule has 2 aliphatic rings. The van der Waals surface area contributed by atoms with Gasteiger partial charge in [-0.25, -0.2) is 18.0 Å². The van der Waals surface area contributed by atoms with E-state index in [0.717, 1.165) is 43.2 Å². The van der Waals surface area contributed by atoms with Crippen LogP contribution in [-0.2, 0) is 19.5 Å². The Balaban J connectivity index is 1.69. The van der Waals surface area contributed by atoms with Crippen LogP contribution in [0.15, 0.2) is 42.5 Å². The van der Waals surface area contributed by atoms with Crippen molar-refractivity contribution in [2.24, 2.45) is 0 Å². The summed E-state index contributed by atoms with van der Waals surface area (Å²) in [6.07, 6.45) is 2.61. The lowest BCUT2D eigenvalue weighted by Gasteiger charge is -2.40. The normalized spacial score (nSPS) is 19.9. The highest BCUT2D eigenvalue weighted by Gasteiger charge is 2.37. The first kappa shape index (κ1) is 25.8. The molecule has 36 heavy (non-hydrogen) atoms. The molecule has 194 valence electrons. The second-order valence-electron chi connectivity index (χ2n) is 9.10. The molecule has 2 aliphatic heterocycles. The third-order valence-electron chi connectivity index (χ3n) is 6.57. The molecule has 11 heteroatoms. The van der Waals surface area contributed by atoms with E-state index in [1.165, 1.54) is 23.4 Å². The van der Waals surface area contributed by atoms with Gasteiger partial charge in [0.1, 0.15) is 0 Å². The zero-order valence-electron chi connectivity index (χ0n) is 20.9. The molecule has 1 fully saturated rings. The number of methoxy groups -OCH3 is 1. The van der Waals surface area contributed by atoms with Gasteiger partial charge in [-0.1, -0.05) is 18.2 Å². The summed E-state index contributed by atoms with van der Waals surface area (Å²) in [6, 6.07) is 12.2. The van der Waals surface area contributed by atoms with Crippen LogP contribution in [0.4, 0.5) is 26.7 Å². The number of amides is 2. The third-order valence-corrected chi connectivity index (χ3v) is 7.78. The van der Waals surface area contributed by atoms with E-state index < -0.39 is 22.2 Å². The Bertz CT molecular complexity index is 1230. The van der Waals surface area contributed by atoms with Crippen LogP contribution in [0.25, 0.3) is 11.1 Å². The van der Waals surface area contributed by atoms with Crippen LogP contribution in [0.2, 0.25) is 0 Å². The van der Waals surface area contributed by atoms with Crippen LogP contribution in [-0.4, -0.2) is 66.4 Å². The molecule has 0 bridgehead atoms. The minimum Gasteiger partial charge on any atom is -0.452 e. The van der Waals surface area contributed by atoms with Gasteiger partial charge in [-0.3, -0.25) is 19.4 Å². The van der Waals surface area contributed by atoms with Gasteiger partial charge in [-0.15, -0.1) is 0 Å². The first-order valence-electron chi connectivity index (χ1n) is 11.9. The van der Waals surface area contributed by atoms with E-state index >= 15 is 0 Å². The lowest BCUT2D eigenvalue weighted by atomic mass is 10.0. The van der Waals surface area contributed by atoms with Crippen LogP contribution in [0, 0.1) is 0 Å². The summed E-state index contributed by atoms with van der Waals surface area (Å²) in [5, 5.41) is 3.22. The molecule has 2 atom stereocenters. The van der Waals surface area contributed by atoms with Crippen LogP contribution < -0.4 is 19.4 Å². The van der Waals surface area contributed by atoms with E-state index in [0.29, 0.717) is 17.1 Å². The average molecular weight is 517 g/mol. The first-order chi connectivity index (χ1) is 17.1. The maximum atomic E-state index is 13.2. The summed E-state index contributed by atoms with van der Waals surface area (Å²) in [5.41, 5.74) is 3.25. The number of anilines is 3. The molecule has 0 aromatic heterocycles. The second kappa shape index (κ2) is 10.4. The van der Waals surface area contributed by atoms with Crippen molar-refractivity contribution in [3.05, 3.63) is 42.5 Å². The Morgan fingerprint density at radius 1 is 1.03 bits per heavy atom. The molecule has 2 aromatic carbocycles. The lowest BCUT2D eigenvalue weighted by Crippen LogP contribution is -2.53. The van der Waals surface area contributed by atoms with Gasteiger partial charge in [0, 0.05) is 7.05 Å². The molecule has 2 amide bonds. The smallest absolute Gasteiger partial charge is 0.416 e. The molecular formula is C25H32N4O6S. The highest BCUT2D eigenvalue weighted by atomic mass is 32.2. The molecule has 0 saturated carbocycles. The fraction of sp³-hybridized carbons (Fsp3) is 0.440. The second-order valence-corrected chi connectivity index (χ2v) is 11.1. The van der Waals surface area contributed by atoms with Crippen molar-refractivity contribution in [3.8, 4) is 11.1 Å². The van der Waals surface area contributed by atoms with Crippen LogP contribution in [0.1, 0.15) is 26.2 Å². The van der Waals surface area contributed by atoms with Gasteiger partial charge in [0.15, 0.2) is 6.23 Å². The Hall–Kier alpha value is -3.31. The number of benzene rings is 2. The van der Waals surface area contributed by atoms with Crippen LogP contribution in [0.3, 0.4) is 0 Å². The van der Waals surface area contributed by atoms with Crippen molar-refractivity contribution in [2.75, 3.05) is 47.6 Å². The standard InChI is InChI=1S/C25H32N4O6S/c1-17-16-28(24(30)35-23-7-5-6-14-26-23)22-15-19(10-13-21(22)29(17)25(31)34-3)18-8-11-20(12-9-18)27(2)36(4,32)33/h8-13,15,17,23,26H,5-7,14,16H2,1-4H3. The summed E-state index contributed by atoms with van der Waals surface area (Å²) in [5.74, 6) is 0. The molecule has 2 aromatic rings. The molecule has 10 nitrogen and oxygen atoms in total. The van der Waals surface area contributed by atoms with Crippen LogP contribution in [0.5, 0.6) is 0 Å². The number of rotatable bonds is 4. The summed E-state index contributed by atoms with van der Waals surface area (Å²) < 4.78 is 35.7. The maximum Gasteiger partial charge on any atom is 0.416 e. The van der Waals surface area contributed by atoms with Gasteiger partial charge >= 0.3 is 12.2 Å². The van der Waals surface area contributed by atoms with Crippen LogP contribution >= 0.6 is 0 Å². The van der Waals surface area contributed by atoms with Crippen molar-refractivity contribution in [2.45, 2.75) is 38.5 Å². The molecule has 1 N–H and O–H groups in total. The number of piperidine rings is 1. The molecule has 1 saturated heterocycles. The van der Waals surface area contributed by atoms with Gasteiger partial charge in [-0.05, 0) is 68.1 Å². The van der Waals surface area contributed by atoms with Crippen molar-refractivity contribution >= 4 is 39.3 Å². The van der Waals surface area contributed by atoms with E-state index in [1.54, 1.807) is 23.1 Å². The molecular weight excluding hydrogens is 484 g/mol. The fourth-order valence-corrected chi connectivity index (χ4v) is 5.02. The largest absolute Gasteiger partial charge is 0.452 e. The molecule has 2 unspecified atom stereocenters. The van der Waals surface area contributed by atoms with Crippen molar-refractivity contribution in [1.82, 2.24) is 5.32 Å². The molecule has 4 rings (SSSR count). The van der Waals surface area contributed by atoms with E-state index in [-0.39, 0.29) is 18.8 Å². The number of sulfonamides is 1. The highest BCUT2D eigenvalue weighted by Crippen LogP contribution is 2.40. The Morgan fingerprint density at radius 2 is 1.72 bits per heavy atom. The molecule has 0 aliphatic carbocycles. The number of nitrogens with zero attached hydrogens (tertiary/aromatic N) is 3. The summed E-state index contributed by atoms with van der Waals surface area (Å²) in [7, 11) is -0.552. The van der Waals surface area contributed by atoms with Gasteiger partial charge in [0.2, 0.25) is 10.0 Å². The zero-order valence-corrected chi connectivity index (χ0v) is 21.7. The summed E-state index contributed by atoms with van der Waals surface area (Å²) >= 11 is 0. The zero-order chi connectivity index (χ0) is 26.0. The summed E-state index contributed by atoms with van der Waals surface area (Å²) in [6.45, 7) is 2.90. The fourth-order valence-electron chi connectivity index (χ4n) is 4.52. The van der Waals surface area contributed by atoms with E-state index in [4.69, 9.17) is 9.47 Å². The summed E-state index contributed by atoms with van der Waals surface area (Å²) in [4.78, 5) is 28.9. The topological polar surface area (TPSA) is 108 Å². The number of fused-ring (bicyclic) bond motifs is 1. The SMILES string of the molecule is COC(=O)N1c2ccc(-c3ccc(N(C)S(C)(=O)=O)cc3)cc2N(C(=O)OC2CCCCN2)CC1C. The number of nitrogens with one attached hydrogen (secondary N) is 1. The number of hydrogen-bond acceptors (Lipinski definition) is 7. The minimum absolute atomic E-state index is 0.245. The number of carbonyl (C=O) groups excluding carboxylic acids is 2. The highest BCUT2D eigenvalue weighted by molar-refractivity contribution is 7.92. The Morgan fingerprint density at radius 3 is 2.33 bits per heavy atom. The van der Waals surface area contributed by atoms with Crippen molar-refractivity contribution < 1.29 is 27.5 Å². The molecule has 0 radical (unpaired) electrons. The Kier molecular flexibility index (Phi) is 7.41. The van der Waals surface area contributed by atoms with Crippen molar-refractivity contribution in [1.29, 1.82) is 0 Å². The number of carbonyl (C=O) groups is 2. The van der Waals surface area contributed by atoms with Gasteiger partial charge in [0.25, 0.3) is 0 Å². The minimum atomic E-state index is -3.38. The monoisotopic (exact) mass is 516 g/mol. The van der Waals surface area contributed by atoms with E-state index in [1.807, 2.05) is 31.2 Å².